The van der Waals surface area contributed by atoms with E-state index in [1.54, 1.807) is 6.08 Å². The molecule has 0 aliphatic heterocycles. The van der Waals surface area contributed by atoms with E-state index >= 15 is 0 Å². The highest BCUT2D eigenvalue weighted by molar-refractivity contribution is 5.93. The van der Waals surface area contributed by atoms with Crippen LogP contribution in [-0.2, 0) is 16.1 Å². The van der Waals surface area contributed by atoms with Gasteiger partial charge in [0.2, 0.25) is 5.91 Å². The summed E-state index contributed by atoms with van der Waals surface area (Å²) in [4.78, 5) is 29.1. The lowest BCUT2D eigenvalue weighted by Crippen LogP contribution is -2.41. The number of ketones is 1. The number of nitrogens with zero attached hydrogens (tertiary/aromatic N) is 2. The Balaban J connectivity index is 2.28. The summed E-state index contributed by atoms with van der Waals surface area (Å²) in [5, 5.41) is 0. The molecule has 0 fully saturated rings. The van der Waals surface area contributed by atoms with Crippen molar-refractivity contribution in [3.05, 3.63) is 47.7 Å². The molecule has 1 aliphatic carbocycles. The molecular formula is C21H30N2O2. The van der Waals surface area contributed by atoms with Gasteiger partial charge >= 0.3 is 0 Å². The lowest BCUT2D eigenvalue weighted by molar-refractivity contribution is -0.131. The van der Waals surface area contributed by atoms with Crippen LogP contribution in [0, 0.1) is 5.41 Å². The Morgan fingerprint density at radius 1 is 1.08 bits per heavy atom. The number of likely N-dealkylation sites (N-methyl/N-ethyl adjacent to an activating group) is 1. The standard InChI is InChI=1S/C21H30N2O2/c1-5-22(6-2)16-20(25)23(15-17-10-8-7-9-11-17)18-12-19(24)14-21(3,4)13-18/h7-12H,5-6,13-16H2,1-4H3. The third kappa shape index (κ3) is 5.53. The summed E-state index contributed by atoms with van der Waals surface area (Å²) in [6.07, 6.45) is 2.96. The number of benzene rings is 1. The summed E-state index contributed by atoms with van der Waals surface area (Å²) >= 11 is 0. The van der Waals surface area contributed by atoms with Crippen LogP contribution in [0.1, 0.15) is 46.1 Å². The zero-order valence-corrected chi connectivity index (χ0v) is 15.9. The van der Waals surface area contributed by atoms with E-state index in [0.717, 1.165) is 30.8 Å². The molecule has 1 aliphatic rings. The van der Waals surface area contributed by atoms with Crippen molar-refractivity contribution < 1.29 is 9.59 Å². The monoisotopic (exact) mass is 342 g/mol. The highest BCUT2D eigenvalue weighted by Gasteiger charge is 2.32. The third-order valence-electron chi connectivity index (χ3n) is 4.72. The number of rotatable bonds is 7. The van der Waals surface area contributed by atoms with Gasteiger partial charge in [0.25, 0.3) is 0 Å². The quantitative estimate of drug-likeness (QED) is 0.760. The highest BCUT2D eigenvalue weighted by Crippen LogP contribution is 2.35. The molecule has 0 N–H and O–H groups in total. The number of carbonyl (C=O) groups excluding carboxylic acids is 2. The Kier molecular flexibility index (Phi) is 6.54. The fraction of sp³-hybridized carbons (Fsp3) is 0.524. The molecular weight excluding hydrogens is 312 g/mol. The lowest BCUT2D eigenvalue weighted by Gasteiger charge is -2.35. The molecule has 0 unspecified atom stereocenters. The summed E-state index contributed by atoms with van der Waals surface area (Å²) < 4.78 is 0. The first-order valence-corrected chi connectivity index (χ1v) is 9.14. The first-order valence-electron chi connectivity index (χ1n) is 9.14. The number of hydrogen-bond acceptors (Lipinski definition) is 3. The average molecular weight is 342 g/mol. The van der Waals surface area contributed by atoms with Crippen molar-refractivity contribution >= 4 is 11.7 Å². The molecule has 0 aromatic heterocycles. The van der Waals surface area contributed by atoms with E-state index in [0.29, 0.717) is 19.5 Å². The lowest BCUT2D eigenvalue weighted by atomic mass is 9.78. The summed E-state index contributed by atoms with van der Waals surface area (Å²) in [6, 6.07) is 9.97. The second-order valence-corrected chi connectivity index (χ2v) is 7.55. The van der Waals surface area contributed by atoms with Gasteiger partial charge in [0.05, 0.1) is 13.1 Å². The van der Waals surface area contributed by atoms with Gasteiger partial charge in [0, 0.05) is 18.2 Å². The van der Waals surface area contributed by atoms with Gasteiger partial charge < -0.3 is 4.90 Å². The van der Waals surface area contributed by atoms with Crippen molar-refractivity contribution in [3.8, 4) is 0 Å². The molecule has 4 heteroatoms. The number of hydrogen-bond donors (Lipinski definition) is 0. The normalized spacial score (nSPS) is 16.7. The van der Waals surface area contributed by atoms with Crippen LogP contribution in [0.3, 0.4) is 0 Å². The van der Waals surface area contributed by atoms with E-state index in [-0.39, 0.29) is 17.1 Å². The van der Waals surface area contributed by atoms with Crippen LogP contribution in [0.4, 0.5) is 0 Å². The molecule has 0 atom stereocenters. The molecule has 1 aromatic carbocycles. The van der Waals surface area contributed by atoms with E-state index in [4.69, 9.17) is 0 Å². The molecule has 4 nitrogen and oxygen atoms in total. The maximum Gasteiger partial charge on any atom is 0.241 e. The van der Waals surface area contributed by atoms with Crippen molar-refractivity contribution in [2.24, 2.45) is 5.41 Å². The van der Waals surface area contributed by atoms with Gasteiger partial charge in [-0.05, 0) is 30.5 Å². The van der Waals surface area contributed by atoms with Crippen LogP contribution in [0.25, 0.3) is 0 Å². The van der Waals surface area contributed by atoms with E-state index < -0.39 is 0 Å². The fourth-order valence-corrected chi connectivity index (χ4v) is 3.33. The van der Waals surface area contributed by atoms with Crippen molar-refractivity contribution in [1.29, 1.82) is 0 Å². The summed E-state index contributed by atoms with van der Waals surface area (Å²) in [7, 11) is 0. The van der Waals surface area contributed by atoms with Gasteiger partial charge in [-0.3, -0.25) is 14.5 Å². The van der Waals surface area contributed by atoms with Crippen LogP contribution < -0.4 is 0 Å². The van der Waals surface area contributed by atoms with Gasteiger partial charge in [-0.1, -0.05) is 58.0 Å². The van der Waals surface area contributed by atoms with E-state index in [2.05, 4.69) is 32.6 Å². The molecule has 2 rings (SSSR count). The van der Waals surface area contributed by atoms with Crippen LogP contribution in [0.5, 0.6) is 0 Å². The number of amides is 1. The molecule has 1 amide bonds. The first-order chi connectivity index (χ1) is 11.8. The van der Waals surface area contributed by atoms with Crippen LogP contribution in [0.2, 0.25) is 0 Å². The highest BCUT2D eigenvalue weighted by atomic mass is 16.2. The Morgan fingerprint density at radius 3 is 2.28 bits per heavy atom. The van der Waals surface area contributed by atoms with Crippen molar-refractivity contribution in [2.45, 2.75) is 47.1 Å². The minimum absolute atomic E-state index is 0.0595. The minimum Gasteiger partial charge on any atom is -0.311 e. The Labute approximate surface area is 151 Å². The SMILES string of the molecule is CCN(CC)CC(=O)N(Cc1ccccc1)C1=CC(=O)CC(C)(C)C1. The minimum atomic E-state index is -0.106. The van der Waals surface area contributed by atoms with Crippen LogP contribution >= 0.6 is 0 Å². The smallest absolute Gasteiger partial charge is 0.241 e. The third-order valence-corrected chi connectivity index (χ3v) is 4.72. The Morgan fingerprint density at radius 2 is 1.72 bits per heavy atom. The molecule has 0 spiro atoms. The molecule has 0 radical (unpaired) electrons. The summed E-state index contributed by atoms with van der Waals surface area (Å²) in [6.45, 7) is 10.9. The van der Waals surface area contributed by atoms with Crippen molar-refractivity contribution in [1.82, 2.24) is 9.80 Å². The van der Waals surface area contributed by atoms with Gasteiger partial charge in [-0.2, -0.15) is 0 Å². The molecule has 136 valence electrons. The molecule has 0 saturated heterocycles. The second kappa shape index (κ2) is 8.43. The van der Waals surface area contributed by atoms with Gasteiger partial charge in [0.15, 0.2) is 5.78 Å². The summed E-state index contributed by atoms with van der Waals surface area (Å²) in [5.41, 5.74) is 1.82. The fourth-order valence-electron chi connectivity index (χ4n) is 3.33. The molecule has 0 saturated carbocycles. The van der Waals surface area contributed by atoms with Gasteiger partial charge in [-0.15, -0.1) is 0 Å². The van der Waals surface area contributed by atoms with Crippen LogP contribution in [0.15, 0.2) is 42.1 Å². The van der Waals surface area contributed by atoms with E-state index in [1.807, 2.05) is 35.2 Å². The molecule has 1 aromatic rings. The maximum atomic E-state index is 13.0. The Hall–Kier alpha value is -1.94. The first kappa shape index (κ1) is 19.4. The predicted octanol–water partition coefficient (Wildman–Crippen LogP) is 3.63. The zero-order valence-electron chi connectivity index (χ0n) is 15.9. The number of allylic oxidation sites excluding steroid dienone is 2. The average Bonchev–Trinajstić information content (AvgIpc) is 2.56. The van der Waals surface area contributed by atoms with Gasteiger partial charge in [-0.25, -0.2) is 0 Å². The molecule has 0 heterocycles. The Bertz CT molecular complexity index is 631. The predicted molar refractivity (Wildman–Crippen MR) is 101 cm³/mol. The topological polar surface area (TPSA) is 40.6 Å². The summed E-state index contributed by atoms with van der Waals surface area (Å²) in [5.74, 6) is 0.171. The maximum absolute atomic E-state index is 13.0. The van der Waals surface area contributed by atoms with E-state index in [9.17, 15) is 9.59 Å². The zero-order chi connectivity index (χ0) is 18.4. The van der Waals surface area contributed by atoms with Crippen LogP contribution in [-0.4, -0.2) is 41.1 Å². The molecule has 0 bridgehead atoms. The van der Waals surface area contributed by atoms with Gasteiger partial charge in [0.1, 0.15) is 0 Å². The van der Waals surface area contributed by atoms with E-state index in [1.165, 1.54) is 0 Å². The van der Waals surface area contributed by atoms with Crippen molar-refractivity contribution in [2.75, 3.05) is 19.6 Å². The van der Waals surface area contributed by atoms with Crippen molar-refractivity contribution in [3.63, 3.8) is 0 Å². The number of carbonyl (C=O) groups is 2. The molecule has 25 heavy (non-hydrogen) atoms. The second-order valence-electron chi connectivity index (χ2n) is 7.55. The largest absolute Gasteiger partial charge is 0.311 e.